The summed E-state index contributed by atoms with van der Waals surface area (Å²) in [5.41, 5.74) is 2.70. The van der Waals surface area contributed by atoms with E-state index in [1.165, 1.54) is 18.2 Å². The summed E-state index contributed by atoms with van der Waals surface area (Å²) in [5, 5.41) is 62.7. The Morgan fingerprint density at radius 1 is 0.963 bits per heavy atom. The molecule has 15 nitrogen and oxygen atoms in total. The quantitative estimate of drug-likeness (QED) is 0.0680. The number of pyridine rings is 1. The number of carbonyl (C=O) groups is 1. The van der Waals surface area contributed by atoms with Crippen molar-refractivity contribution in [2.75, 3.05) is 39.4 Å². The maximum absolute atomic E-state index is 13.8. The Balaban J connectivity index is 1.16. The SMILES string of the molecule is O=C(NCCCCN(CCO)S(=O)(=O)c1ccc(Cl)c(COC2(c3cnccc3-c3ccccc3OC3CC3)CC2)c1)NCC(O)C(O)C(O)C(O)CO. The van der Waals surface area contributed by atoms with Crippen LogP contribution in [0.3, 0.4) is 0 Å². The molecule has 0 spiro atoms. The summed E-state index contributed by atoms with van der Waals surface area (Å²) in [6.45, 7) is -1.60. The van der Waals surface area contributed by atoms with Gasteiger partial charge in [0.15, 0.2) is 0 Å². The second kappa shape index (κ2) is 18.9. The molecule has 0 bridgehead atoms. The first kappa shape index (κ1) is 41.7. The molecule has 3 aromatic rings. The Morgan fingerprint density at radius 2 is 1.70 bits per heavy atom. The van der Waals surface area contributed by atoms with Gasteiger partial charge in [-0.3, -0.25) is 4.98 Å². The molecule has 2 aromatic carbocycles. The smallest absolute Gasteiger partial charge is 0.314 e. The van der Waals surface area contributed by atoms with E-state index in [0.29, 0.717) is 23.4 Å². The average Bonchev–Trinajstić information content (AvgIpc) is 4.13. The molecule has 2 fully saturated rings. The van der Waals surface area contributed by atoms with Crippen LogP contribution in [0.15, 0.2) is 65.8 Å². The topological polar surface area (TPSA) is 231 Å². The molecule has 0 saturated heterocycles. The number of aliphatic hydroxyl groups excluding tert-OH is 6. The standard InChI is InChI=1S/C37H49ClN4O11S/c38-30-10-9-26(54(50,51)42(17-18-43)16-4-3-14-40-36(49)41-21-31(45)34(47)35(48)32(46)22-44)19-24(30)23-52-37(12-13-37)29-20-39-15-11-27(29)28-5-1-2-6-33(28)53-25-7-8-25/h1-2,5-6,9-11,15,19-20,25,31-32,34-35,43-48H,3-4,7-8,12-14,16-18,21-23H2,(H2,40,41,49). The minimum absolute atomic E-state index is 0.00751. The van der Waals surface area contributed by atoms with Crippen LogP contribution >= 0.6 is 11.6 Å². The highest BCUT2D eigenvalue weighted by Crippen LogP contribution is 2.53. The molecule has 4 atom stereocenters. The summed E-state index contributed by atoms with van der Waals surface area (Å²) in [4.78, 5) is 16.5. The lowest BCUT2D eigenvalue weighted by Gasteiger charge is -2.25. The summed E-state index contributed by atoms with van der Waals surface area (Å²) < 4.78 is 41.4. The van der Waals surface area contributed by atoms with Gasteiger partial charge in [0.2, 0.25) is 10.0 Å². The maximum atomic E-state index is 13.8. The lowest BCUT2D eigenvalue weighted by Crippen LogP contribution is -2.50. The first-order chi connectivity index (χ1) is 25.9. The molecule has 2 saturated carbocycles. The number of benzene rings is 2. The predicted octanol–water partition coefficient (Wildman–Crippen LogP) is 1.65. The van der Waals surface area contributed by atoms with Crippen LogP contribution in [0.4, 0.5) is 4.79 Å². The number of hydrogen-bond donors (Lipinski definition) is 8. The predicted molar refractivity (Wildman–Crippen MR) is 198 cm³/mol. The van der Waals surface area contributed by atoms with E-state index in [1.807, 2.05) is 36.5 Å². The van der Waals surface area contributed by atoms with Gasteiger partial charge in [-0.2, -0.15) is 4.31 Å². The number of halogens is 1. The van der Waals surface area contributed by atoms with Gasteiger partial charge in [0.05, 0.1) is 42.5 Å². The van der Waals surface area contributed by atoms with Crippen molar-refractivity contribution in [3.8, 4) is 16.9 Å². The molecular weight excluding hydrogens is 744 g/mol. The highest BCUT2D eigenvalue weighted by Gasteiger charge is 2.48. The van der Waals surface area contributed by atoms with E-state index in [9.17, 15) is 38.7 Å². The molecule has 17 heteroatoms. The van der Waals surface area contributed by atoms with E-state index >= 15 is 0 Å². The molecular formula is C37H49ClN4O11S. The number of rotatable bonds is 22. The lowest BCUT2D eigenvalue weighted by molar-refractivity contribution is -0.113. The summed E-state index contributed by atoms with van der Waals surface area (Å²) in [6, 6.07) is 13.6. The van der Waals surface area contributed by atoms with Crippen molar-refractivity contribution in [1.29, 1.82) is 0 Å². The molecule has 0 radical (unpaired) electrons. The zero-order valence-electron chi connectivity index (χ0n) is 29.8. The third kappa shape index (κ3) is 10.7. The van der Waals surface area contributed by atoms with Crippen LogP contribution in [-0.2, 0) is 27.0 Å². The van der Waals surface area contributed by atoms with Gasteiger partial charge in [-0.15, -0.1) is 0 Å². The number of urea groups is 1. The van der Waals surface area contributed by atoms with E-state index in [1.54, 1.807) is 6.20 Å². The van der Waals surface area contributed by atoms with Crippen molar-refractivity contribution >= 4 is 27.7 Å². The van der Waals surface area contributed by atoms with Crippen LogP contribution in [0.5, 0.6) is 5.75 Å². The van der Waals surface area contributed by atoms with E-state index in [4.69, 9.17) is 26.2 Å². The number of aromatic nitrogens is 1. The van der Waals surface area contributed by atoms with Crippen molar-refractivity contribution < 1.29 is 53.3 Å². The molecule has 2 aliphatic carbocycles. The number of carbonyl (C=O) groups excluding carboxylic acids is 1. The number of sulfonamides is 1. The van der Waals surface area contributed by atoms with Gasteiger partial charge < -0.3 is 50.7 Å². The number of amides is 2. The zero-order valence-corrected chi connectivity index (χ0v) is 31.3. The monoisotopic (exact) mass is 792 g/mol. The number of nitrogens with one attached hydrogen (secondary N) is 2. The van der Waals surface area contributed by atoms with Gasteiger partial charge >= 0.3 is 6.03 Å². The first-order valence-electron chi connectivity index (χ1n) is 18.0. The molecule has 5 rings (SSSR count). The van der Waals surface area contributed by atoms with E-state index in [2.05, 4.69) is 15.6 Å². The van der Waals surface area contributed by atoms with Crippen LogP contribution in [0.1, 0.15) is 49.7 Å². The summed E-state index contributed by atoms with van der Waals surface area (Å²) in [7, 11) is -4.06. The highest BCUT2D eigenvalue weighted by molar-refractivity contribution is 7.89. The largest absolute Gasteiger partial charge is 0.490 e. The third-order valence-electron chi connectivity index (χ3n) is 9.44. The van der Waals surface area contributed by atoms with Gasteiger partial charge in [-0.1, -0.05) is 29.8 Å². The normalized spacial score (nSPS) is 17.4. The molecule has 2 aliphatic rings. The fraction of sp³-hybridized carbons (Fsp3) is 0.514. The molecule has 2 amide bonds. The Morgan fingerprint density at radius 3 is 2.41 bits per heavy atom. The van der Waals surface area contributed by atoms with Gasteiger partial charge in [0.25, 0.3) is 0 Å². The van der Waals surface area contributed by atoms with Crippen molar-refractivity contribution in [2.45, 2.75) is 86.1 Å². The Bertz CT molecular complexity index is 1810. The van der Waals surface area contributed by atoms with Gasteiger partial charge in [-0.25, -0.2) is 13.2 Å². The molecule has 4 unspecified atom stereocenters. The number of unbranched alkanes of at least 4 members (excludes halogenated alkanes) is 1. The van der Waals surface area contributed by atoms with Crippen molar-refractivity contribution in [1.82, 2.24) is 19.9 Å². The van der Waals surface area contributed by atoms with E-state index in [-0.39, 0.29) is 37.2 Å². The van der Waals surface area contributed by atoms with Crippen LogP contribution in [-0.4, -0.2) is 124 Å². The van der Waals surface area contributed by atoms with Gasteiger partial charge in [-0.05, 0) is 80.0 Å². The summed E-state index contributed by atoms with van der Waals surface area (Å²) in [6.07, 6.45) is 1.14. The fourth-order valence-corrected chi connectivity index (χ4v) is 7.66. The van der Waals surface area contributed by atoms with Gasteiger partial charge in [0.1, 0.15) is 24.1 Å². The van der Waals surface area contributed by atoms with Crippen LogP contribution < -0.4 is 15.4 Å². The second-order valence-corrected chi connectivity index (χ2v) is 15.9. The summed E-state index contributed by atoms with van der Waals surface area (Å²) in [5.74, 6) is 0.808. The van der Waals surface area contributed by atoms with E-state index < -0.39 is 65.8 Å². The Hall–Kier alpha value is -3.42. The second-order valence-electron chi connectivity index (χ2n) is 13.5. The zero-order chi connectivity index (χ0) is 38.9. The van der Waals surface area contributed by atoms with Crippen LogP contribution in [0.2, 0.25) is 5.02 Å². The van der Waals surface area contributed by atoms with E-state index in [0.717, 1.165) is 52.4 Å². The van der Waals surface area contributed by atoms with Crippen LogP contribution in [0.25, 0.3) is 11.1 Å². The molecule has 54 heavy (non-hydrogen) atoms. The fourth-order valence-electron chi connectivity index (χ4n) is 5.96. The third-order valence-corrected chi connectivity index (χ3v) is 11.7. The minimum Gasteiger partial charge on any atom is -0.490 e. The highest BCUT2D eigenvalue weighted by atomic mass is 35.5. The molecule has 8 N–H and O–H groups in total. The van der Waals surface area contributed by atoms with Gasteiger partial charge in [0, 0.05) is 54.7 Å². The minimum atomic E-state index is -4.06. The summed E-state index contributed by atoms with van der Waals surface area (Å²) >= 11 is 6.56. The number of para-hydroxylation sites is 1. The van der Waals surface area contributed by atoms with Crippen molar-refractivity contribution in [3.63, 3.8) is 0 Å². The van der Waals surface area contributed by atoms with Crippen molar-refractivity contribution in [2.24, 2.45) is 0 Å². The average molecular weight is 793 g/mol. The number of nitrogens with zero attached hydrogens (tertiary/aromatic N) is 2. The molecule has 1 aromatic heterocycles. The van der Waals surface area contributed by atoms with Crippen LogP contribution in [0, 0.1) is 0 Å². The maximum Gasteiger partial charge on any atom is 0.314 e. The lowest BCUT2D eigenvalue weighted by atomic mass is 9.96. The molecule has 296 valence electrons. The Kier molecular flexibility index (Phi) is 14.6. The molecule has 0 aliphatic heterocycles. The Labute approximate surface area is 319 Å². The number of ether oxygens (including phenoxy) is 2. The molecule has 1 heterocycles. The first-order valence-corrected chi connectivity index (χ1v) is 19.8. The number of hydrogen-bond acceptors (Lipinski definition) is 12. The van der Waals surface area contributed by atoms with Crippen molar-refractivity contribution in [3.05, 3.63) is 77.1 Å². The number of aliphatic hydroxyl groups is 6.